The summed E-state index contributed by atoms with van der Waals surface area (Å²) in [6, 6.07) is 7.96. The second-order valence-corrected chi connectivity index (χ2v) is 8.57. The molecule has 2 aliphatic carbocycles. The van der Waals surface area contributed by atoms with E-state index in [0.717, 1.165) is 35.4 Å². The number of halogens is 1. The van der Waals surface area contributed by atoms with Crippen LogP contribution in [-0.2, 0) is 11.3 Å². The molecule has 0 unspecified atom stereocenters. The predicted octanol–water partition coefficient (Wildman–Crippen LogP) is 4.02. The van der Waals surface area contributed by atoms with Gasteiger partial charge in [0, 0.05) is 23.2 Å². The summed E-state index contributed by atoms with van der Waals surface area (Å²) in [7, 11) is 0. The van der Waals surface area contributed by atoms with Gasteiger partial charge in [0.05, 0.1) is 5.75 Å². The zero-order chi connectivity index (χ0) is 18.1. The summed E-state index contributed by atoms with van der Waals surface area (Å²) < 4.78 is 2.04. The Kier molecular flexibility index (Phi) is 5.23. The minimum Gasteiger partial charge on any atom is -0.352 e. The van der Waals surface area contributed by atoms with Crippen molar-refractivity contribution in [3.05, 3.63) is 29.3 Å². The molecule has 2 aromatic rings. The molecule has 0 saturated heterocycles. The number of fused-ring (bicyclic) bond motifs is 2. The molecule has 2 aliphatic rings. The average molecular weight is 391 g/mol. The van der Waals surface area contributed by atoms with Crippen LogP contribution in [0.4, 0.5) is 0 Å². The molecule has 2 saturated carbocycles. The van der Waals surface area contributed by atoms with Gasteiger partial charge in [0.1, 0.15) is 0 Å². The van der Waals surface area contributed by atoms with Crippen molar-refractivity contribution in [1.82, 2.24) is 20.1 Å². The van der Waals surface area contributed by atoms with Crippen LogP contribution in [-0.4, -0.2) is 32.5 Å². The van der Waals surface area contributed by atoms with E-state index >= 15 is 0 Å². The van der Waals surface area contributed by atoms with Crippen LogP contribution in [0, 0.1) is 11.8 Å². The smallest absolute Gasteiger partial charge is 0.230 e. The summed E-state index contributed by atoms with van der Waals surface area (Å²) in [4.78, 5) is 12.4. The molecule has 1 aromatic heterocycles. The van der Waals surface area contributed by atoms with Gasteiger partial charge < -0.3 is 9.88 Å². The highest BCUT2D eigenvalue weighted by atomic mass is 35.5. The number of rotatable bonds is 6. The molecule has 1 aromatic carbocycles. The largest absolute Gasteiger partial charge is 0.352 e. The van der Waals surface area contributed by atoms with E-state index in [1.807, 2.05) is 28.8 Å². The molecule has 5 nitrogen and oxygen atoms in total. The first-order chi connectivity index (χ1) is 12.6. The van der Waals surface area contributed by atoms with Crippen molar-refractivity contribution in [2.75, 3.05) is 5.75 Å². The molecule has 0 radical (unpaired) electrons. The summed E-state index contributed by atoms with van der Waals surface area (Å²) in [6.45, 7) is 2.81. The number of hydrogen-bond donors (Lipinski definition) is 1. The number of nitrogens with one attached hydrogen (secondary N) is 1. The van der Waals surface area contributed by atoms with Crippen LogP contribution in [0.5, 0.6) is 0 Å². The first kappa shape index (κ1) is 17.9. The third kappa shape index (κ3) is 3.62. The molecule has 0 spiro atoms. The Morgan fingerprint density at radius 3 is 2.73 bits per heavy atom. The van der Waals surface area contributed by atoms with Gasteiger partial charge >= 0.3 is 0 Å². The maximum absolute atomic E-state index is 12.4. The molecular formula is C19H23ClN4OS. The number of benzene rings is 1. The fourth-order valence-corrected chi connectivity index (χ4v) is 5.23. The number of carbonyl (C=O) groups excluding carboxylic acids is 1. The monoisotopic (exact) mass is 390 g/mol. The molecule has 1 heterocycles. The van der Waals surface area contributed by atoms with Gasteiger partial charge in [0.15, 0.2) is 11.0 Å². The number of nitrogens with zero attached hydrogens (tertiary/aromatic N) is 3. The standard InChI is InChI=1S/C19H23ClN4OS/c1-2-24-18(13-5-7-15(20)8-6-13)22-23-19(24)26-11-17(25)21-16-10-12-3-4-14(16)9-12/h5-8,12,14,16H,2-4,9-11H2,1H3,(H,21,25)/t12-,14-,16-/m1/s1. The van der Waals surface area contributed by atoms with Crippen LogP contribution >= 0.6 is 23.4 Å². The Hall–Kier alpha value is -1.53. The van der Waals surface area contributed by atoms with Gasteiger partial charge in [0.25, 0.3) is 0 Å². The highest BCUT2D eigenvalue weighted by Gasteiger charge is 2.40. The van der Waals surface area contributed by atoms with Crippen molar-refractivity contribution in [1.29, 1.82) is 0 Å². The first-order valence-electron chi connectivity index (χ1n) is 9.25. The van der Waals surface area contributed by atoms with Crippen molar-refractivity contribution >= 4 is 29.3 Å². The quantitative estimate of drug-likeness (QED) is 0.757. The molecule has 1 amide bonds. The molecule has 2 fully saturated rings. The second kappa shape index (κ2) is 7.61. The Balaban J connectivity index is 1.39. The highest BCUT2D eigenvalue weighted by Crippen LogP contribution is 2.44. The van der Waals surface area contributed by atoms with E-state index < -0.39 is 0 Å². The Morgan fingerprint density at radius 2 is 2.08 bits per heavy atom. The van der Waals surface area contributed by atoms with Crippen molar-refractivity contribution in [3.63, 3.8) is 0 Å². The lowest BCUT2D eigenvalue weighted by atomic mass is 9.95. The summed E-state index contributed by atoms with van der Waals surface area (Å²) in [5.41, 5.74) is 0.974. The number of hydrogen-bond acceptors (Lipinski definition) is 4. The van der Waals surface area contributed by atoms with Gasteiger partial charge in [-0.2, -0.15) is 0 Å². The van der Waals surface area contributed by atoms with Crippen LogP contribution in [0.25, 0.3) is 11.4 Å². The van der Waals surface area contributed by atoms with Crippen LogP contribution in [0.1, 0.15) is 32.6 Å². The van der Waals surface area contributed by atoms with Gasteiger partial charge in [0.2, 0.25) is 5.91 Å². The first-order valence-corrected chi connectivity index (χ1v) is 10.6. The molecule has 138 valence electrons. The summed E-state index contributed by atoms with van der Waals surface area (Å²) >= 11 is 7.42. The molecular weight excluding hydrogens is 368 g/mol. The average Bonchev–Trinajstić information content (AvgIpc) is 3.35. The SMILES string of the molecule is CCn1c(SCC(=O)N[C@@H]2C[C@@H]3CC[C@@H]2C3)nnc1-c1ccc(Cl)cc1. The number of carbonyl (C=O) groups is 1. The zero-order valence-electron chi connectivity index (χ0n) is 14.8. The molecule has 2 bridgehead atoms. The number of amides is 1. The van der Waals surface area contributed by atoms with E-state index in [2.05, 4.69) is 22.4 Å². The minimum atomic E-state index is 0.103. The van der Waals surface area contributed by atoms with E-state index in [9.17, 15) is 4.79 Å². The predicted molar refractivity (Wildman–Crippen MR) is 104 cm³/mol. The maximum Gasteiger partial charge on any atom is 0.230 e. The van der Waals surface area contributed by atoms with E-state index in [4.69, 9.17) is 11.6 Å². The molecule has 0 aliphatic heterocycles. The van der Waals surface area contributed by atoms with E-state index in [-0.39, 0.29) is 5.91 Å². The van der Waals surface area contributed by atoms with E-state index in [1.165, 1.54) is 31.0 Å². The fraction of sp³-hybridized carbons (Fsp3) is 0.526. The lowest BCUT2D eigenvalue weighted by Crippen LogP contribution is -2.39. The van der Waals surface area contributed by atoms with Crippen molar-refractivity contribution in [2.24, 2.45) is 11.8 Å². The summed E-state index contributed by atoms with van der Waals surface area (Å²) in [5, 5.41) is 13.3. The highest BCUT2D eigenvalue weighted by molar-refractivity contribution is 7.99. The molecule has 7 heteroatoms. The molecule has 26 heavy (non-hydrogen) atoms. The van der Waals surface area contributed by atoms with Crippen molar-refractivity contribution in [3.8, 4) is 11.4 Å². The van der Waals surface area contributed by atoms with Gasteiger partial charge in [-0.25, -0.2) is 0 Å². The lowest BCUT2D eigenvalue weighted by molar-refractivity contribution is -0.119. The Labute approximate surface area is 162 Å². The van der Waals surface area contributed by atoms with Crippen LogP contribution < -0.4 is 5.32 Å². The Morgan fingerprint density at radius 1 is 1.27 bits per heavy atom. The fourth-order valence-electron chi connectivity index (χ4n) is 4.29. The topological polar surface area (TPSA) is 59.8 Å². The summed E-state index contributed by atoms with van der Waals surface area (Å²) in [5.74, 6) is 2.83. The minimum absolute atomic E-state index is 0.103. The zero-order valence-corrected chi connectivity index (χ0v) is 16.4. The van der Waals surface area contributed by atoms with E-state index in [1.54, 1.807) is 0 Å². The van der Waals surface area contributed by atoms with Gasteiger partial charge in [-0.3, -0.25) is 4.79 Å². The van der Waals surface area contributed by atoms with Crippen LogP contribution in [0.3, 0.4) is 0 Å². The normalized spacial score (nSPS) is 24.2. The van der Waals surface area contributed by atoms with E-state index in [0.29, 0.717) is 22.7 Å². The van der Waals surface area contributed by atoms with Gasteiger partial charge in [-0.1, -0.05) is 29.8 Å². The second-order valence-electron chi connectivity index (χ2n) is 7.19. The van der Waals surface area contributed by atoms with Crippen molar-refractivity contribution in [2.45, 2.75) is 50.4 Å². The third-order valence-electron chi connectivity index (χ3n) is 5.55. The van der Waals surface area contributed by atoms with Crippen LogP contribution in [0.2, 0.25) is 5.02 Å². The summed E-state index contributed by atoms with van der Waals surface area (Å²) in [6.07, 6.45) is 5.08. The lowest BCUT2D eigenvalue weighted by Gasteiger charge is -2.22. The Bertz CT molecular complexity index is 791. The number of thioether (sulfide) groups is 1. The van der Waals surface area contributed by atoms with Gasteiger partial charge in [-0.05, 0) is 62.3 Å². The molecule has 1 N–H and O–H groups in total. The van der Waals surface area contributed by atoms with Crippen LogP contribution in [0.15, 0.2) is 29.4 Å². The molecule has 3 atom stereocenters. The molecule has 4 rings (SSSR count). The van der Waals surface area contributed by atoms with Gasteiger partial charge in [-0.15, -0.1) is 10.2 Å². The maximum atomic E-state index is 12.4. The third-order valence-corrected chi connectivity index (χ3v) is 6.77. The number of aromatic nitrogens is 3. The van der Waals surface area contributed by atoms with Crippen molar-refractivity contribution < 1.29 is 4.79 Å².